The fourth-order valence-corrected chi connectivity index (χ4v) is 4.32. The zero-order valence-corrected chi connectivity index (χ0v) is 19.2. The molecule has 1 aliphatic heterocycles. The van der Waals surface area contributed by atoms with Crippen LogP contribution in [-0.4, -0.2) is 56.4 Å². The van der Waals surface area contributed by atoms with Crippen molar-refractivity contribution in [3.63, 3.8) is 0 Å². The van der Waals surface area contributed by atoms with Gasteiger partial charge in [0, 0.05) is 30.6 Å². The number of hydrogen-bond donors (Lipinski definition) is 3. The Morgan fingerprint density at radius 1 is 1.12 bits per heavy atom. The van der Waals surface area contributed by atoms with Gasteiger partial charge in [-0.2, -0.15) is 0 Å². The molecule has 2 aromatic carbocycles. The number of nitrogens with one attached hydrogen (secondary N) is 2. The molecular weight excluding hydrogens is 444 g/mol. The maximum atomic E-state index is 13.0. The van der Waals surface area contributed by atoms with Crippen LogP contribution in [0, 0.1) is 0 Å². The summed E-state index contributed by atoms with van der Waals surface area (Å²) in [5.41, 5.74) is 7.26. The third-order valence-corrected chi connectivity index (χ3v) is 6.50. The Balaban J connectivity index is 1.66. The van der Waals surface area contributed by atoms with Crippen LogP contribution in [0.5, 0.6) is 0 Å². The van der Waals surface area contributed by atoms with Crippen LogP contribution in [0.3, 0.4) is 0 Å². The third kappa shape index (κ3) is 6.62. The highest BCUT2D eigenvalue weighted by atomic mass is 32.2. The van der Waals surface area contributed by atoms with Gasteiger partial charge in [0.05, 0.1) is 11.4 Å². The minimum Gasteiger partial charge on any atom is -0.340 e. The number of amides is 3. The summed E-state index contributed by atoms with van der Waals surface area (Å²) in [6.07, 6.45) is 2.91. The van der Waals surface area contributed by atoms with E-state index in [2.05, 4.69) is 10.6 Å². The molecule has 3 amide bonds. The van der Waals surface area contributed by atoms with E-state index < -0.39 is 21.8 Å². The quantitative estimate of drug-likeness (QED) is 0.555. The second-order valence-corrected chi connectivity index (χ2v) is 10.1. The van der Waals surface area contributed by atoms with Crippen LogP contribution < -0.4 is 16.4 Å². The van der Waals surface area contributed by atoms with Gasteiger partial charge in [0.1, 0.15) is 6.04 Å². The number of benzene rings is 2. The van der Waals surface area contributed by atoms with E-state index in [1.807, 2.05) is 6.07 Å². The van der Waals surface area contributed by atoms with Crippen molar-refractivity contribution in [3.05, 3.63) is 59.7 Å². The molecule has 1 unspecified atom stereocenters. The molecular formula is C23H28N4O5S. The van der Waals surface area contributed by atoms with Crippen LogP contribution >= 0.6 is 0 Å². The number of rotatable bonds is 7. The lowest BCUT2D eigenvalue weighted by Gasteiger charge is -2.24. The van der Waals surface area contributed by atoms with Crippen molar-refractivity contribution in [1.82, 2.24) is 10.2 Å². The van der Waals surface area contributed by atoms with Crippen molar-refractivity contribution in [3.8, 4) is 0 Å². The largest absolute Gasteiger partial charge is 0.340 e. The van der Waals surface area contributed by atoms with Gasteiger partial charge in [0.15, 0.2) is 9.84 Å². The normalized spacial score (nSPS) is 16.7. The number of sulfone groups is 1. The number of likely N-dealkylation sites (tertiary alicyclic amines) is 1. The summed E-state index contributed by atoms with van der Waals surface area (Å²) in [5, 5.41) is 5.48. The number of anilines is 1. The first-order valence-corrected chi connectivity index (χ1v) is 12.5. The molecule has 3 rings (SSSR count). The van der Waals surface area contributed by atoms with Crippen LogP contribution in [0.1, 0.15) is 35.2 Å². The van der Waals surface area contributed by atoms with E-state index in [0.717, 1.165) is 11.8 Å². The maximum Gasteiger partial charge on any atom is 0.251 e. The van der Waals surface area contributed by atoms with Gasteiger partial charge in [-0.05, 0) is 55.2 Å². The molecule has 0 aliphatic carbocycles. The Kier molecular flexibility index (Phi) is 7.83. The summed E-state index contributed by atoms with van der Waals surface area (Å²) < 4.78 is 23.5. The van der Waals surface area contributed by atoms with Gasteiger partial charge < -0.3 is 21.3 Å². The predicted octanol–water partition coefficient (Wildman–Crippen LogP) is 1.30. The molecule has 1 fully saturated rings. The Hall–Kier alpha value is -3.24. The second-order valence-electron chi connectivity index (χ2n) is 8.03. The molecule has 2 aromatic rings. The van der Waals surface area contributed by atoms with E-state index in [-0.39, 0.29) is 28.8 Å². The highest BCUT2D eigenvalue weighted by Crippen LogP contribution is 2.16. The molecule has 0 radical (unpaired) electrons. The lowest BCUT2D eigenvalue weighted by atomic mass is 10.1. The summed E-state index contributed by atoms with van der Waals surface area (Å²) in [6.45, 7) is 0.620. The lowest BCUT2D eigenvalue weighted by molar-refractivity contribution is -0.135. The molecule has 33 heavy (non-hydrogen) atoms. The number of carbonyl (C=O) groups is 3. The van der Waals surface area contributed by atoms with E-state index >= 15 is 0 Å². The second kappa shape index (κ2) is 10.6. The average Bonchev–Trinajstić information content (AvgIpc) is 2.95. The van der Waals surface area contributed by atoms with E-state index in [4.69, 9.17) is 5.73 Å². The smallest absolute Gasteiger partial charge is 0.251 e. The Labute approximate surface area is 193 Å². The molecule has 10 heteroatoms. The molecule has 0 spiro atoms. The molecule has 0 aromatic heterocycles. The molecule has 1 aliphatic rings. The van der Waals surface area contributed by atoms with Crippen molar-refractivity contribution in [2.24, 2.45) is 5.73 Å². The topological polar surface area (TPSA) is 139 Å². The Bertz CT molecular complexity index is 1150. The number of hydrogen-bond acceptors (Lipinski definition) is 6. The van der Waals surface area contributed by atoms with Crippen molar-refractivity contribution in [2.45, 2.75) is 36.7 Å². The molecule has 0 saturated carbocycles. The van der Waals surface area contributed by atoms with Crippen molar-refractivity contribution in [1.29, 1.82) is 0 Å². The van der Waals surface area contributed by atoms with E-state index in [1.54, 1.807) is 18.2 Å². The van der Waals surface area contributed by atoms with E-state index in [0.29, 0.717) is 38.0 Å². The zero-order valence-electron chi connectivity index (χ0n) is 18.4. The van der Waals surface area contributed by atoms with Gasteiger partial charge in [-0.3, -0.25) is 14.4 Å². The summed E-state index contributed by atoms with van der Waals surface area (Å²) in [5.74, 6) is -1.22. The summed E-state index contributed by atoms with van der Waals surface area (Å²) >= 11 is 0. The van der Waals surface area contributed by atoms with E-state index in [1.165, 1.54) is 29.2 Å². The van der Waals surface area contributed by atoms with Gasteiger partial charge in [-0.25, -0.2) is 8.42 Å². The first-order valence-electron chi connectivity index (χ1n) is 10.7. The molecule has 1 atom stereocenters. The molecule has 4 N–H and O–H groups in total. The van der Waals surface area contributed by atoms with Crippen molar-refractivity contribution in [2.75, 3.05) is 24.7 Å². The molecule has 1 heterocycles. The summed E-state index contributed by atoms with van der Waals surface area (Å²) in [7, 11) is -3.47. The molecule has 1 saturated heterocycles. The van der Waals surface area contributed by atoms with Crippen LogP contribution in [0.4, 0.5) is 5.69 Å². The summed E-state index contributed by atoms with van der Waals surface area (Å²) in [6, 6.07) is 12.0. The number of carbonyl (C=O) groups excluding carboxylic acids is 3. The fraction of sp³-hybridized carbons (Fsp3) is 0.348. The van der Waals surface area contributed by atoms with Gasteiger partial charge in [-0.1, -0.05) is 18.2 Å². The first-order chi connectivity index (χ1) is 15.7. The SMILES string of the molecule is CS(=O)(=O)c1cccc(C(=O)NC2CCCCN(CC(=O)Nc3cccc(CN)c3)C2=O)c1. The summed E-state index contributed by atoms with van der Waals surface area (Å²) in [4.78, 5) is 39.8. The minimum atomic E-state index is -3.47. The first kappa shape index (κ1) is 24.4. The number of nitrogens with zero attached hydrogens (tertiary/aromatic N) is 1. The van der Waals surface area contributed by atoms with Crippen LogP contribution in [-0.2, 0) is 26.0 Å². The van der Waals surface area contributed by atoms with Crippen LogP contribution in [0.15, 0.2) is 53.4 Å². The Morgan fingerprint density at radius 3 is 2.61 bits per heavy atom. The molecule has 9 nitrogen and oxygen atoms in total. The number of nitrogens with two attached hydrogens (primary N) is 1. The van der Waals surface area contributed by atoms with Crippen LogP contribution in [0.2, 0.25) is 0 Å². The highest BCUT2D eigenvalue weighted by Gasteiger charge is 2.30. The lowest BCUT2D eigenvalue weighted by Crippen LogP contribution is -2.49. The zero-order chi connectivity index (χ0) is 24.0. The van der Waals surface area contributed by atoms with Crippen molar-refractivity contribution < 1.29 is 22.8 Å². The van der Waals surface area contributed by atoms with Crippen molar-refractivity contribution >= 4 is 33.2 Å². The highest BCUT2D eigenvalue weighted by molar-refractivity contribution is 7.90. The Morgan fingerprint density at radius 2 is 1.88 bits per heavy atom. The van der Waals surface area contributed by atoms with Gasteiger partial charge in [0.25, 0.3) is 5.91 Å². The fourth-order valence-electron chi connectivity index (χ4n) is 3.66. The predicted molar refractivity (Wildman–Crippen MR) is 124 cm³/mol. The standard InChI is InChI=1S/C23H28N4O5S/c1-33(31,32)19-9-5-7-17(13-19)22(29)26-20-10-2-3-11-27(23(20)30)15-21(28)25-18-8-4-6-16(12-18)14-24/h4-9,12-13,20H,2-3,10-11,14-15,24H2,1H3,(H,25,28)(H,26,29). The maximum absolute atomic E-state index is 13.0. The van der Waals surface area contributed by atoms with Gasteiger partial charge in [0.2, 0.25) is 11.8 Å². The van der Waals surface area contributed by atoms with Gasteiger partial charge >= 0.3 is 0 Å². The third-order valence-electron chi connectivity index (χ3n) is 5.39. The van der Waals surface area contributed by atoms with Crippen LogP contribution in [0.25, 0.3) is 0 Å². The monoisotopic (exact) mass is 472 g/mol. The average molecular weight is 473 g/mol. The minimum absolute atomic E-state index is 0.0272. The van der Waals surface area contributed by atoms with Gasteiger partial charge in [-0.15, -0.1) is 0 Å². The molecule has 176 valence electrons. The molecule has 0 bridgehead atoms. The van der Waals surface area contributed by atoms with E-state index in [9.17, 15) is 22.8 Å².